The summed E-state index contributed by atoms with van der Waals surface area (Å²) in [5.41, 5.74) is 3.23. The minimum Gasteiger partial charge on any atom is -0.462 e. The largest absolute Gasteiger partial charge is 0.462 e. The Morgan fingerprint density at radius 1 is 1.16 bits per heavy atom. The number of hydrogen-bond acceptors (Lipinski definition) is 3. The summed E-state index contributed by atoms with van der Waals surface area (Å²) < 4.78 is 5.60. The Hall–Kier alpha value is -1.09. The molecule has 0 aromatic heterocycles. The van der Waals surface area contributed by atoms with Gasteiger partial charge in [-0.15, -0.1) is 0 Å². The first-order valence-corrected chi connectivity index (χ1v) is 13.3. The van der Waals surface area contributed by atoms with Gasteiger partial charge < -0.3 is 9.84 Å². The Kier molecular flexibility index (Phi) is 6.71. The van der Waals surface area contributed by atoms with Gasteiger partial charge in [0.2, 0.25) is 0 Å². The van der Waals surface area contributed by atoms with Gasteiger partial charge in [0, 0.05) is 13.3 Å². The molecule has 3 nitrogen and oxygen atoms in total. The van der Waals surface area contributed by atoms with Crippen LogP contribution >= 0.6 is 0 Å². The van der Waals surface area contributed by atoms with Gasteiger partial charge in [0.1, 0.15) is 6.10 Å². The molecule has 180 valence electrons. The molecule has 0 aliphatic heterocycles. The lowest BCUT2D eigenvalue weighted by Crippen LogP contribution is -2.51. The van der Waals surface area contributed by atoms with Crippen LogP contribution < -0.4 is 0 Å². The highest BCUT2D eigenvalue weighted by atomic mass is 16.5. The van der Waals surface area contributed by atoms with E-state index in [-0.39, 0.29) is 18.2 Å². The minimum atomic E-state index is -0.345. The second kappa shape index (κ2) is 8.93. The normalized spacial score (nSPS) is 42.7. The molecular formula is C29H46O3. The van der Waals surface area contributed by atoms with Gasteiger partial charge in [0.05, 0.1) is 6.10 Å². The predicted molar refractivity (Wildman–Crippen MR) is 130 cm³/mol. The second-order valence-corrected chi connectivity index (χ2v) is 12.4. The molecule has 9 atom stereocenters. The highest BCUT2D eigenvalue weighted by molar-refractivity contribution is 5.66. The van der Waals surface area contributed by atoms with Crippen LogP contribution in [0.1, 0.15) is 98.8 Å². The predicted octanol–water partition coefficient (Wildman–Crippen LogP) is 6.85. The lowest BCUT2D eigenvalue weighted by atomic mass is 9.47. The van der Waals surface area contributed by atoms with E-state index in [9.17, 15) is 9.90 Å². The summed E-state index contributed by atoms with van der Waals surface area (Å²) >= 11 is 0. The Balaban J connectivity index is 1.47. The summed E-state index contributed by atoms with van der Waals surface area (Å²) in [6.45, 7) is 15.0. The molecule has 0 spiro atoms. The molecule has 4 rings (SSSR count). The third-order valence-electron chi connectivity index (χ3n) is 10.6. The maximum atomic E-state index is 11.5. The number of esters is 1. The monoisotopic (exact) mass is 442 g/mol. The van der Waals surface area contributed by atoms with E-state index in [4.69, 9.17) is 4.74 Å². The Morgan fingerprint density at radius 2 is 1.91 bits per heavy atom. The van der Waals surface area contributed by atoms with E-state index in [0.717, 1.165) is 54.9 Å². The topological polar surface area (TPSA) is 46.5 Å². The van der Waals surface area contributed by atoms with E-state index >= 15 is 0 Å². The second-order valence-electron chi connectivity index (χ2n) is 12.4. The summed E-state index contributed by atoms with van der Waals surface area (Å²) in [4.78, 5) is 11.5. The first-order valence-electron chi connectivity index (χ1n) is 13.3. The van der Waals surface area contributed by atoms with Crippen LogP contribution in [0.4, 0.5) is 0 Å². The molecule has 0 bridgehead atoms. The number of carbonyl (C=O) groups is 1. The summed E-state index contributed by atoms with van der Waals surface area (Å²) in [6, 6.07) is 0. The smallest absolute Gasteiger partial charge is 0.302 e. The molecule has 3 fully saturated rings. The molecular weight excluding hydrogens is 396 g/mol. The van der Waals surface area contributed by atoms with Crippen molar-refractivity contribution in [2.45, 2.75) is 111 Å². The molecule has 32 heavy (non-hydrogen) atoms. The zero-order chi connectivity index (χ0) is 23.3. The highest BCUT2D eigenvalue weighted by Gasteiger charge is 2.59. The van der Waals surface area contributed by atoms with E-state index in [2.05, 4.69) is 33.4 Å². The standard InChI is InChI=1S/C29H46O3/c1-18(2)27(31)12-7-19(3)24-10-11-25-23-9-8-21-17-22(32-20(4)30)13-15-28(21,5)26(23)14-16-29(24,25)6/h8,19,22-27,31H,1,7,9-17H2,2-6H3/t19-,22+,23+,24-,25+,26+,27+,28+,29-/m1/s1. The average Bonchev–Trinajstić information content (AvgIpc) is 3.08. The van der Waals surface area contributed by atoms with Crippen molar-refractivity contribution in [3.05, 3.63) is 23.8 Å². The Morgan fingerprint density at radius 3 is 2.59 bits per heavy atom. The Bertz CT molecular complexity index is 768. The van der Waals surface area contributed by atoms with Gasteiger partial charge in [-0.25, -0.2) is 0 Å². The van der Waals surface area contributed by atoms with Crippen molar-refractivity contribution in [2.24, 2.45) is 40.4 Å². The number of fused-ring (bicyclic) bond motifs is 5. The van der Waals surface area contributed by atoms with Crippen molar-refractivity contribution in [3.8, 4) is 0 Å². The van der Waals surface area contributed by atoms with Crippen LogP contribution in [0.2, 0.25) is 0 Å². The third-order valence-corrected chi connectivity index (χ3v) is 10.6. The number of aliphatic hydroxyl groups is 1. The van der Waals surface area contributed by atoms with Crippen LogP contribution in [0.3, 0.4) is 0 Å². The van der Waals surface area contributed by atoms with Crippen molar-refractivity contribution in [1.29, 1.82) is 0 Å². The summed E-state index contributed by atoms with van der Waals surface area (Å²) in [7, 11) is 0. The van der Waals surface area contributed by atoms with Crippen molar-refractivity contribution in [1.82, 2.24) is 0 Å². The van der Waals surface area contributed by atoms with Crippen LogP contribution in [0.5, 0.6) is 0 Å². The van der Waals surface area contributed by atoms with Gasteiger partial charge in [-0.1, -0.05) is 44.6 Å². The van der Waals surface area contributed by atoms with Crippen LogP contribution in [-0.2, 0) is 9.53 Å². The first-order chi connectivity index (χ1) is 15.1. The quantitative estimate of drug-likeness (QED) is 0.361. The molecule has 0 heterocycles. The van der Waals surface area contributed by atoms with Gasteiger partial charge in [-0.05, 0) is 105 Å². The van der Waals surface area contributed by atoms with E-state index in [1.54, 1.807) is 5.57 Å². The van der Waals surface area contributed by atoms with Crippen molar-refractivity contribution < 1.29 is 14.6 Å². The third kappa shape index (κ3) is 4.12. The fraction of sp³-hybridized carbons (Fsp3) is 0.828. The van der Waals surface area contributed by atoms with E-state index < -0.39 is 0 Å². The lowest BCUT2D eigenvalue weighted by Gasteiger charge is -2.58. The molecule has 3 saturated carbocycles. The Labute approximate surface area is 196 Å². The van der Waals surface area contributed by atoms with Crippen LogP contribution in [0.25, 0.3) is 0 Å². The van der Waals surface area contributed by atoms with Crippen molar-refractivity contribution in [3.63, 3.8) is 0 Å². The zero-order valence-corrected chi connectivity index (χ0v) is 21.2. The van der Waals surface area contributed by atoms with Crippen molar-refractivity contribution >= 4 is 5.97 Å². The van der Waals surface area contributed by atoms with Gasteiger partial charge >= 0.3 is 5.97 Å². The maximum Gasteiger partial charge on any atom is 0.302 e. The maximum absolute atomic E-state index is 11.5. The van der Waals surface area contributed by atoms with Crippen LogP contribution in [0.15, 0.2) is 23.8 Å². The zero-order valence-electron chi connectivity index (χ0n) is 21.2. The number of rotatable bonds is 6. The highest BCUT2D eigenvalue weighted by Crippen LogP contribution is 2.67. The molecule has 4 aliphatic rings. The van der Waals surface area contributed by atoms with Gasteiger partial charge in [-0.2, -0.15) is 0 Å². The molecule has 0 unspecified atom stereocenters. The van der Waals surface area contributed by atoms with Gasteiger partial charge in [-0.3, -0.25) is 4.79 Å². The average molecular weight is 443 g/mol. The molecule has 0 aromatic rings. The van der Waals surface area contributed by atoms with E-state index in [0.29, 0.717) is 16.7 Å². The van der Waals surface area contributed by atoms with Gasteiger partial charge in [0.15, 0.2) is 0 Å². The number of aliphatic hydroxyl groups excluding tert-OH is 1. The number of ether oxygens (including phenoxy) is 1. The molecule has 0 saturated heterocycles. The number of carbonyl (C=O) groups excluding carboxylic acids is 1. The van der Waals surface area contributed by atoms with Gasteiger partial charge in [0.25, 0.3) is 0 Å². The van der Waals surface area contributed by atoms with E-state index in [1.807, 2.05) is 6.92 Å². The van der Waals surface area contributed by atoms with Crippen molar-refractivity contribution in [2.75, 3.05) is 0 Å². The first kappa shape index (κ1) is 24.0. The van der Waals surface area contributed by atoms with E-state index in [1.165, 1.54) is 45.4 Å². The molecule has 0 aromatic carbocycles. The minimum absolute atomic E-state index is 0.0866. The number of allylic oxidation sites excluding steroid dienone is 1. The fourth-order valence-electron chi connectivity index (χ4n) is 8.81. The number of hydrogen-bond donors (Lipinski definition) is 1. The SMILES string of the molecule is C=C(C)[C@@H](O)CC[C@@H](C)[C@H]1CC[C@H]2[C@@H]3CC=C4C[C@@H](OC(C)=O)CC[C@]4(C)[C@H]3CC[C@]12C. The molecule has 3 heteroatoms. The molecule has 0 amide bonds. The van der Waals surface area contributed by atoms with Crippen LogP contribution in [-0.4, -0.2) is 23.3 Å². The summed E-state index contributed by atoms with van der Waals surface area (Å²) in [5.74, 6) is 3.75. The molecule has 4 aliphatic carbocycles. The summed E-state index contributed by atoms with van der Waals surface area (Å²) in [5, 5.41) is 10.2. The molecule has 0 radical (unpaired) electrons. The molecule has 1 N–H and O–H groups in total. The van der Waals surface area contributed by atoms with Crippen LogP contribution in [0, 0.1) is 40.4 Å². The fourth-order valence-corrected chi connectivity index (χ4v) is 8.81. The lowest BCUT2D eigenvalue weighted by molar-refractivity contribution is -0.148. The summed E-state index contributed by atoms with van der Waals surface area (Å²) in [6.07, 6.45) is 14.1.